The smallest absolute Gasteiger partial charge is 0.343 e. The van der Waals surface area contributed by atoms with Gasteiger partial charge < -0.3 is 14.2 Å². The highest BCUT2D eigenvalue weighted by molar-refractivity contribution is 5.91. The number of hydrogen-bond acceptors (Lipinski definition) is 4. The lowest BCUT2D eigenvalue weighted by Crippen LogP contribution is -2.15. The van der Waals surface area contributed by atoms with Crippen molar-refractivity contribution in [1.29, 1.82) is 0 Å². The van der Waals surface area contributed by atoms with Crippen LogP contribution >= 0.6 is 0 Å². The molecule has 0 aliphatic heterocycles. The predicted molar refractivity (Wildman–Crippen MR) is 101 cm³/mol. The van der Waals surface area contributed by atoms with Crippen molar-refractivity contribution in [2.45, 2.75) is 32.6 Å². The normalized spacial score (nSPS) is 14.7. The fourth-order valence-corrected chi connectivity index (χ4v) is 3.00. The minimum Gasteiger partial charge on any atom is -0.494 e. The van der Waals surface area contributed by atoms with E-state index in [2.05, 4.69) is 6.42 Å². The Kier molecular flexibility index (Phi) is 6.53. The predicted octanol–water partition coefficient (Wildman–Crippen LogP) is 5.08. The SMILES string of the molecule is CCOc1ccc(C(=O)Oc2ccc(OCC3CC[CH]CC3)cc2)cc1. The number of esters is 1. The molecule has 2 aromatic carbocycles. The number of rotatable bonds is 7. The summed E-state index contributed by atoms with van der Waals surface area (Å²) >= 11 is 0. The average molecular weight is 353 g/mol. The summed E-state index contributed by atoms with van der Waals surface area (Å²) in [6.45, 7) is 3.26. The van der Waals surface area contributed by atoms with Crippen molar-refractivity contribution in [2.24, 2.45) is 5.92 Å². The van der Waals surface area contributed by atoms with E-state index in [0.29, 0.717) is 23.8 Å². The zero-order valence-corrected chi connectivity index (χ0v) is 15.1. The van der Waals surface area contributed by atoms with Crippen molar-refractivity contribution >= 4 is 5.97 Å². The van der Waals surface area contributed by atoms with Gasteiger partial charge in [-0.15, -0.1) is 0 Å². The van der Waals surface area contributed by atoms with Gasteiger partial charge in [-0.25, -0.2) is 4.79 Å². The Bertz CT molecular complexity index is 685. The van der Waals surface area contributed by atoms with Crippen LogP contribution in [0.5, 0.6) is 17.2 Å². The molecular formula is C22H25O4. The number of hydrogen-bond donors (Lipinski definition) is 0. The van der Waals surface area contributed by atoms with Crippen molar-refractivity contribution in [3.8, 4) is 17.2 Å². The van der Waals surface area contributed by atoms with Crippen LogP contribution in [0.25, 0.3) is 0 Å². The standard InChI is InChI=1S/C22H25O4/c1-2-24-19-10-8-18(9-11-19)22(23)26-21-14-12-20(13-15-21)25-16-17-6-4-3-5-7-17/h3,8-15,17H,2,4-7,16H2,1H3. The minimum absolute atomic E-state index is 0.389. The summed E-state index contributed by atoms with van der Waals surface area (Å²) in [6, 6.07) is 14.1. The Hall–Kier alpha value is -2.49. The molecule has 1 radical (unpaired) electrons. The van der Waals surface area contributed by atoms with Gasteiger partial charge in [0.1, 0.15) is 17.2 Å². The summed E-state index contributed by atoms with van der Waals surface area (Å²) in [6.07, 6.45) is 7.14. The third kappa shape index (κ3) is 5.25. The van der Waals surface area contributed by atoms with Crippen molar-refractivity contribution in [3.63, 3.8) is 0 Å². The molecule has 4 heteroatoms. The summed E-state index contributed by atoms with van der Waals surface area (Å²) in [5.41, 5.74) is 0.489. The number of benzene rings is 2. The Balaban J connectivity index is 1.50. The van der Waals surface area contributed by atoms with E-state index in [1.54, 1.807) is 36.4 Å². The molecule has 4 nitrogen and oxygen atoms in total. The zero-order chi connectivity index (χ0) is 18.2. The van der Waals surface area contributed by atoms with Crippen molar-refractivity contribution < 1.29 is 19.0 Å². The molecule has 137 valence electrons. The maximum absolute atomic E-state index is 12.2. The Morgan fingerprint density at radius 3 is 2.12 bits per heavy atom. The Morgan fingerprint density at radius 2 is 1.46 bits per heavy atom. The highest BCUT2D eigenvalue weighted by Crippen LogP contribution is 2.25. The molecule has 1 aliphatic carbocycles. The lowest BCUT2D eigenvalue weighted by Gasteiger charge is -2.21. The molecule has 0 N–H and O–H groups in total. The summed E-state index contributed by atoms with van der Waals surface area (Å²) in [7, 11) is 0. The molecule has 0 bridgehead atoms. The largest absolute Gasteiger partial charge is 0.494 e. The summed E-state index contributed by atoms with van der Waals surface area (Å²) in [4.78, 5) is 12.2. The summed E-state index contributed by atoms with van der Waals surface area (Å²) < 4.78 is 16.6. The maximum atomic E-state index is 12.2. The van der Waals surface area contributed by atoms with Crippen LogP contribution in [0.15, 0.2) is 48.5 Å². The molecule has 0 amide bonds. The fourth-order valence-electron chi connectivity index (χ4n) is 3.00. The van der Waals surface area contributed by atoms with Gasteiger partial charge in [-0.1, -0.05) is 0 Å². The Morgan fingerprint density at radius 1 is 0.885 bits per heavy atom. The van der Waals surface area contributed by atoms with E-state index in [9.17, 15) is 4.79 Å². The van der Waals surface area contributed by atoms with E-state index in [4.69, 9.17) is 14.2 Å². The summed E-state index contributed by atoms with van der Waals surface area (Å²) in [5.74, 6) is 2.29. The van der Waals surface area contributed by atoms with Crippen LogP contribution in [0.2, 0.25) is 0 Å². The molecule has 0 saturated heterocycles. The topological polar surface area (TPSA) is 44.8 Å². The fraction of sp³-hybridized carbons (Fsp3) is 0.364. The molecule has 0 aromatic heterocycles. The van der Waals surface area contributed by atoms with Gasteiger partial charge in [0, 0.05) is 0 Å². The van der Waals surface area contributed by atoms with Crippen LogP contribution < -0.4 is 14.2 Å². The van der Waals surface area contributed by atoms with E-state index in [1.807, 2.05) is 19.1 Å². The zero-order valence-electron chi connectivity index (χ0n) is 15.1. The van der Waals surface area contributed by atoms with Crippen LogP contribution in [0.3, 0.4) is 0 Å². The lowest BCUT2D eigenvalue weighted by molar-refractivity contribution is 0.0734. The van der Waals surface area contributed by atoms with Crippen molar-refractivity contribution in [3.05, 3.63) is 60.5 Å². The van der Waals surface area contributed by atoms with Crippen molar-refractivity contribution in [2.75, 3.05) is 13.2 Å². The monoisotopic (exact) mass is 353 g/mol. The molecule has 1 fully saturated rings. The molecule has 1 saturated carbocycles. The van der Waals surface area contributed by atoms with Gasteiger partial charge in [-0.3, -0.25) is 0 Å². The first kappa shape index (κ1) is 18.3. The first-order valence-corrected chi connectivity index (χ1v) is 9.24. The van der Waals surface area contributed by atoms with E-state index in [0.717, 1.165) is 18.1 Å². The minimum atomic E-state index is -0.389. The van der Waals surface area contributed by atoms with Gasteiger partial charge in [-0.05, 0) is 93.5 Å². The molecule has 3 rings (SSSR count). The van der Waals surface area contributed by atoms with E-state index >= 15 is 0 Å². The van der Waals surface area contributed by atoms with E-state index in [-0.39, 0.29) is 5.97 Å². The van der Waals surface area contributed by atoms with Gasteiger partial charge in [-0.2, -0.15) is 0 Å². The first-order chi connectivity index (χ1) is 12.7. The van der Waals surface area contributed by atoms with Gasteiger partial charge in [0.15, 0.2) is 0 Å². The van der Waals surface area contributed by atoms with Crippen LogP contribution in [-0.2, 0) is 0 Å². The van der Waals surface area contributed by atoms with Gasteiger partial charge in [0.2, 0.25) is 0 Å². The molecule has 26 heavy (non-hydrogen) atoms. The highest BCUT2D eigenvalue weighted by Gasteiger charge is 2.14. The average Bonchev–Trinajstić information content (AvgIpc) is 2.69. The highest BCUT2D eigenvalue weighted by atomic mass is 16.5. The van der Waals surface area contributed by atoms with Crippen LogP contribution in [0.1, 0.15) is 43.0 Å². The number of carbonyl (C=O) groups is 1. The third-order valence-electron chi connectivity index (χ3n) is 4.48. The maximum Gasteiger partial charge on any atom is 0.343 e. The van der Waals surface area contributed by atoms with Crippen LogP contribution in [0, 0.1) is 12.3 Å². The van der Waals surface area contributed by atoms with E-state index < -0.39 is 0 Å². The van der Waals surface area contributed by atoms with Crippen molar-refractivity contribution in [1.82, 2.24) is 0 Å². The van der Waals surface area contributed by atoms with Crippen LogP contribution in [0.4, 0.5) is 0 Å². The molecule has 2 aromatic rings. The number of carbonyl (C=O) groups excluding carboxylic acids is 1. The van der Waals surface area contributed by atoms with Gasteiger partial charge in [0.25, 0.3) is 0 Å². The molecule has 0 spiro atoms. The molecule has 1 aliphatic rings. The second-order valence-corrected chi connectivity index (χ2v) is 6.44. The third-order valence-corrected chi connectivity index (χ3v) is 4.48. The van der Waals surface area contributed by atoms with Gasteiger partial charge >= 0.3 is 5.97 Å². The van der Waals surface area contributed by atoms with Gasteiger partial charge in [0.05, 0.1) is 18.8 Å². The summed E-state index contributed by atoms with van der Waals surface area (Å²) in [5, 5.41) is 0. The Labute approximate surface area is 155 Å². The van der Waals surface area contributed by atoms with Crippen LogP contribution in [-0.4, -0.2) is 19.2 Å². The lowest BCUT2D eigenvalue weighted by atomic mass is 9.90. The molecule has 0 heterocycles. The molecule has 0 unspecified atom stereocenters. The quantitative estimate of drug-likeness (QED) is 0.514. The van der Waals surface area contributed by atoms with E-state index in [1.165, 1.54) is 25.7 Å². The number of ether oxygens (including phenoxy) is 3. The molecule has 0 atom stereocenters. The first-order valence-electron chi connectivity index (χ1n) is 9.24. The second-order valence-electron chi connectivity index (χ2n) is 6.44. The molecular weight excluding hydrogens is 328 g/mol. The second kappa shape index (κ2) is 9.27.